The van der Waals surface area contributed by atoms with Gasteiger partial charge in [-0.15, -0.1) is 11.3 Å². The van der Waals surface area contributed by atoms with Crippen LogP contribution in [0.25, 0.3) is 11.3 Å². The molecule has 0 fully saturated rings. The summed E-state index contributed by atoms with van der Waals surface area (Å²) in [6.07, 6.45) is 0.0126. The van der Waals surface area contributed by atoms with E-state index in [2.05, 4.69) is 26.2 Å². The SMILES string of the molecule is O=C(CCN1C(=O)c2ccccc2C1=O)Nc1nc(-c2ccc(Br)cc2)cs1. The summed E-state index contributed by atoms with van der Waals surface area (Å²) in [5, 5.41) is 5.07. The van der Waals surface area contributed by atoms with Crippen molar-refractivity contribution in [3.63, 3.8) is 0 Å². The van der Waals surface area contributed by atoms with Gasteiger partial charge < -0.3 is 5.32 Å². The summed E-state index contributed by atoms with van der Waals surface area (Å²) in [5.74, 6) is -1.02. The van der Waals surface area contributed by atoms with E-state index in [0.29, 0.717) is 16.3 Å². The Bertz CT molecular complexity index is 1040. The van der Waals surface area contributed by atoms with E-state index < -0.39 is 0 Å². The number of thiazole rings is 1. The lowest BCUT2D eigenvalue weighted by Crippen LogP contribution is -2.32. The number of carbonyl (C=O) groups excluding carboxylic acids is 3. The molecule has 2 heterocycles. The first-order valence-corrected chi connectivity index (χ1v) is 10.2. The third-order valence-corrected chi connectivity index (χ3v) is 5.62. The molecular formula is C20H14BrN3O3S. The molecule has 0 unspecified atom stereocenters. The first-order chi connectivity index (χ1) is 13.5. The number of aromatic nitrogens is 1. The van der Waals surface area contributed by atoms with E-state index in [9.17, 15) is 14.4 Å². The van der Waals surface area contributed by atoms with Gasteiger partial charge in [0.15, 0.2) is 5.13 Å². The quantitative estimate of drug-likeness (QED) is 0.584. The van der Waals surface area contributed by atoms with Crippen molar-refractivity contribution in [1.82, 2.24) is 9.88 Å². The number of halogens is 1. The van der Waals surface area contributed by atoms with Crippen LogP contribution in [0.4, 0.5) is 5.13 Å². The zero-order chi connectivity index (χ0) is 19.7. The van der Waals surface area contributed by atoms with Gasteiger partial charge in [0.1, 0.15) is 0 Å². The van der Waals surface area contributed by atoms with Crippen LogP contribution in [0.15, 0.2) is 58.4 Å². The number of imide groups is 1. The Hall–Kier alpha value is -2.84. The summed E-state index contributed by atoms with van der Waals surface area (Å²) in [6.45, 7) is 0.0309. The number of nitrogens with one attached hydrogen (secondary N) is 1. The standard InChI is InChI=1S/C20H14BrN3O3S/c21-13-7-5-12(6-8-13)16-11-28-20(22-16)23-17(25)9-10-24-18(26)14-3-1-2-4-15(14)19(24)27/h1-8,11H,9-10H2,(H,22,23,25). The van der Waals surface area contributed by atoms with Crippen LogP contribution in [0.3, 0.4) is 0 Å². The molecule has 0 saturated carbocycles. The van der Waals surface area contributed by atoms with Crippen LogP contribution in [0.5, 0.6) is 0 Å². The third-order valence-electron chi connectivity index (χ3n) is 4.33. The summed E-state index contributed by atoms with van der Waals surface area (Å²) < 4.78 is 0.980. The van der Waals surface area contributed by atoms with Crippen LogP contribution in [0.1, 0.15) is 27.1 Å². The lowest BCUT2D eigenvalue weighted by molar-refractivity contribution is -0.116. The van der Waals surface area contributed by atoms with E-state index in [4.69, 9.17) is 0 Å². The maximum atomic E-state index is 12.3. The molecule has 3 aromatic rings. The molecule has 0 bridgehead atoms. The summed E-state index contributed by atoms with van der Waals surface area (Å²) >= 11 is 4.72. The molecule has 0 atom stereocenters. The number of nitrogens with zero attached hydrogens (tertiary/aromatic N) is 2. The van der Waals surface area contributed by atoms with Gasteiger partial charge in [0.2, 0.25) is 5.91 Å². The lowest BCUT2D eigenvalue weighted by Gasteiger charge is -2.12. The van der Waals surface area contributed by atoms with Crippen molar-refractivity contribution in [3.05, 3.63) is 69.5 Å². The van der Waals surface area contributed by atoms with Crippen molar-refractivity contribution in [3.8, 4) is 11.3 Å². The Morgan fingerprint density at radius 3 is 2.32 bits per heavy atom. The van der Waals surface area contributed by atoms with E-state index in [1.54, 1.807) is 24.3 Å². The van der Waals surface area contributed by atoms with Gasteiger partial charge in [-0.2, -0.15) is 0 Å². The molecule has 140 valence electrons. The van der Waals surface area contributed by atoms with Crippen molar-refractivity contribution in [1.29, 1.82) is 0 Å². The van der Waals surface area contributed by atoms with Crippen LogP contribution < -0.4 is 5.32 Å². The molecule has 0 aliphatic carbocycles. The normalized spacial score (nSPS) is 13.0. The molecule has 3 amide bonds. The minimum atomic E-state index is -0.361. The van der Waals surface area contributed by atoms with Gasteiger partial charge in [0.05, 0.1) is 16.8 Å². The van der Waals surface area contributed by atoms with Crippen LogP contribution in [-0.4, -0.2) is 34.2 Å². The topological polar surface area (TPSA) is 79.4 Å². The molecule has 6 nitrogen and oxygen atoms in total. The Morgan fingerprint density at radius 1 is 1.04 bits per heavy atom. The van der Waals surface area contributed by atoms with Crippen molar-refractivity contribution >= 4 is 50.1 Å². The molecule has 8 heteroatoms. The molecule has 1 aliphatic rings. The van der Waals surface area contributed by atoms with Crippen molar-refractivity contribution < 1.29 is 14.4 Å². The van der Waals surface area contributed by atoms with Gasteiger partial charge in [-0.05, 0) is 24.3 Å². The fraction of sp³-hybridized carbons (Fsp3) is 0.100. The molecule has 0 saturated heterocycles. The molecule has 1 aromatic heterocycles. The van der Waals surface area contributed by atoms with Crippen LogP contribution in [0, 0.1) is 0 Å². The summed E-state index contributed by atoms with van der Waals surface area (Å²) in [5.41, 5.74) is 2.48. The molecule has 28 heavy (non-hydrogen) atoms. The highest BCUT2D eigenvalue weighted by Crippen LogP contribution is 2.26. The first-order valence-electron chi connectivity index (χ1n) is 8.49. The molecule has 1 N–H and O–H groups in total. The second kappa shape index (κ2) is 7.65. The zero-order valence-corrected chi connectivity index (χ0v) is 16.9. The van der Waals surface area contributed by atoms with Gasteiger partial charge in [0, 0.05) is 28.4 Å². The van der Waals surface area contributed by atoms with Crippen LogP contribution in [-0.2, 0) is 4.79 Å². The van der Waals surface area contributed by atoms with Crippen LogP contribution >= 0.6 is 27.3 Å². The maximum Gasteiger partial charge on any atom is 0.261 e. The van der Waals surface area contributed by atoms with E-state index in [1.165, 1.54) is 11.3 Å². The highest BCUT2D eigenvalue weighted by Gasteiger charge is 2.34. The Balaban J connectivity index is 1.36. The zero-order valence-electron chi connectivity index (χ0n) is 14.5. The fourth-order valence-electron chi connectivity index (χ4n) is 2.92. The number of amides is 3. The van der Waals surface area contributed by atoms with E-state index in [0.717, 1.165) is 20.6 Å². The average molecular weight is 456 g/mol. The van der Waals surface area contributed by atoms with Gasteiger partial charge in [-0.25, -0.2) is 4.98 Å². The molecule has 2 aromatic carbocycles. The van der Waals surface area contributed by atoms with Crippen molar-refractivity contribution in [2.45, 2.75) is 6.42 Å². The number of fused-ring (bicyclic) bond motifs is 1. The lowest BCUT2D eigenvalue weighted by atomic mass is 10.1. The van der Waals surface area contributed by atoms with E-state index in [-0.39, 0.29) is 30.7 Å². The number of anilines is 1. The fourth-order valence-corrected chi connectivity index (χ4v) is 3.92. The van der Waals surface area contributed by atoms with Gasteiger partial charge in [0.25, 0.3) is 11.8 Å². The van der Waals surface area contributed by atoms with Gasteiger partial charge >= 0.3 is 0 Å². The molecule has 4 rings (SSSR count). The van der Waals surface area contributed by atoms with E-state index >= 15 is 0 Å². The van der Waals surface area contributed by atoms with Gasteiger partial charge in [-0.3, -0.25) is 19.3 Å². The summed E-state index contributed by atoms with van der Waals surface area (Å²) in [6, 6.07) is 14.4. The number of benzene rings is 2. The Labute approximate surface area is 173 Å². The van der Waals surface area contributed by atoms with Crippen molar-refractivity contribution in [2.24, 2.45) is 0 Å². The molecule has 0 spiro atoms. The number of hydrogen-bond donors (Lipinski definition) is 1. The number of hydrogen-bond acceptors (Lipinski definition) is 5. The minimum absolute atomic E-state index is 0.0126. The number of carbonyl (C=O) groups is 3. The smallest absolute Gasteiger partial charge is 0.261 e. The monoisotopic (exact) mass is 455 g/mol. The average Bonchev–Trinajstić information content (AvgIpc) is 3.25. The second-order valence-electron chi connectivity index (χ2n) is 6.15. The first kappa shape index (κ1) is 18.5. The highest BCUT2D eigenvalue weighted by atomic mass is 79.9. The minimum Gasteiger partial charge on any atom is -0.302 e. The Kier molecular flexibility index (Phi) is 5.06. The maximum absolute atomic E-state index is 12.3. The second-order valence-corrected chi connectivity index (χ2v) is 7.92. The van der Waals surface area contributed by atoms with Crippen LogP contribution in [0.2, 0.25) is 0 Å². The molecule has 1 aliphatic heterocycles. The molecule has 0 radical (unpaired) electrons. The highest BCUT2D eigenvalue weighted by molar-refractivity contribution is 9.10. The van der Waals surface area contributed by atoms with Crippen molar-refractivity contribution in [2.75, 3.05) is 11.9 Å². The summed E-state index contributed by atoms with van der Waals surface area (Å²) in [4.78, 5) is 42.4. The summed E-state index contributed by atoms with van der Waals surface area (Å²) in [7, 11) is 0. The Morgan fingerprint density at radius 2 is 1.68 bits per heavy atom. The third kappa shape index (κ3) is 3.61. The number of rotatable bonds is 5. The predicted octanol–water partition coefficient (Wildman–Crippen LogP) is 4.20. The van der Waals surface area contributed by atoms with E-state index in [1.807, 2.05) is 29.6 Å². The van der Waals surface area contributed by atoms with Gasteiger partial charge in [-0.1, -0.05) is 40.2 Å². The molecular weight excluding hydrogens is 442 g/mol. The predicted molar refractivity (Wildman–Crippen MR) is 110 cm³/mol. The largest absolute Gasteiger partial charge is 0.302 e.